The van der Waals surface area contributed by atoms with Gasteiger partial charge < -0.3 is 20.7 Å². The van der Waals surface area contributed by atoms with Crippen molar-refractivity contribution in [3.8, 4) is 0 Å². The van der Waals surface area contributed by atoms with Gasteiger partial charge in [-0.3, -0.25) is 0 Å². The van der Waals surface area contributed by atoms with Crippen LogP contribution in [-0.4, -0.2) is 12.7 Å². The second-order valence-electron chi connectivity index (χ2n) is 2.96. The fourth-order valence-corrected chi connectivity index (χ4v) is 1.05. The van der Waals surface area contributed by atoms with Gasteiger partial charge in [0, 0.05) is 5.92 Å². The number of quaternary nitrogens is 1. The zero-order valence-corrected chi connectivity index (χ0v) is 10.3. The van der Waals surface area contributed by atoms with Crippen LogP contribution >= 0.6 is 0 Å². The Labute approximate surface area is 101 Å². The fraction of sp³-hybridized carbons (Fsp3) is 0.889. The molecule has 5 heteroatoms. The van der Waals surface area contributed by atoms with Crippen molar-refractivity contribution < 1.29 is 43.1 Å². The molecule has 0 aliphatic rings. The Hall–Kier alpha value is -0.0297. The molecule has 0 aromatic carbocycles. The minimum absolute atomic E-state index is 0. The average Bonchev–Trinajstić information content (AvgIpc) is 2.06. The SMILES string of the molecule is CCCCC(CC)C[NH3+].O=C([O-])[O-].[Ag+]. The van der Waals surface area contributed by atoms with Crippen LogP contribution in [0, 0.1) is 5.92 Å². The molecule has 0 saturated carbocycles. The standard InChI is InChI=1S/C8H19N.CH2O3.Ag/c1-3-5-6-8(4-2)7-9;2-1(3)4;/h8H,3-7,9H2,1-2H3;(H2,2,3,4);/q;;+1/p-1. The smallest absolute Gasteiger partial charge is 0.652 e. The van der Waals surface area contributed by atoms with Crippen LogP contribution in [0.4, 0.5) is 4.79 Å². The summed E-state index contributed by atoms with van der Waals surface area (Å²) in [6.07, 6.45) is 3.07. The number of unbranched alkanes of at least 4 members (excludes halogenated alkanes) is 1. The van der Waals surface area contributed by atoms with Gasteiger partial charge in [-0.25, -0.2) is 0 Å². The topological polar surface area (TPSA) is 90.8 Å². The second-order valence-corrected chi connectivity index (χ2v) is 2.96. The molecule has 0 aromatic rings. The maximum absolute atomic E-state index is 8.33. The molecule has 4 nitrogen and oxygen atoms in total. The van der Waals surface area contributed by atoms with Crippen LogP contribution < -0.4 is 15.9 Å². The third-order valence-electron chi connectivity index (χ3n) is 1.95. The van der Waals surface area contributed by atoms with Crippen LogP contribution in [-0.2, 0) is 22.4 Å². The normalized spacial score (nSPS) is 10.5. The molecular weight excluding hydrogens is 278 g/mol. The van der Waals surface area contributed by atoms with Gasteiger partial charge in [0.2, 0.25) is 0 Å². The molecule has 0 fully saturated rings. The third kappa shape index (κ3) is 22.7. The van der Waals surface area contributed by atoms with Gasteiger partial charge in [0.25, 0.3) is 0 Å². The Bertz CT molecular complexity index is 115. The minimum Gasteiger partial charge on any atom is -0.652 e. The Balaban J connectivity index is -0.000000209. The Morgan fingerprint density at radius 2 is 1.79 bits per heavy atom. The number of hydrogen-bond acceptors (Lipinski definition) is 3. The zero-order chi connectivity index (χ0) is 10.7. The average molecular weight is 298 g/mol. The Morgan fingerprint density at radius 1 is 1.36 bits per heavy atom. The van der Waals surface area contributed by atoms with Gasteiger partial charge >= 0.3 is 22.4 Å². The molecule has 0 bridgehead atoms. The monoisotopic (exact) mass is 297 g/mol. The fourth-order valence-electron chi connectivity index (χ4n) is 1.05. The van der Waals surface area contributed by atoms with Crippen molar-refractivity contribution in [1.82, 2.24) is 0 Å². The molecule has 0 radical (unpaired) electrons. The van der Waals surface area contributed by atoms with E-state index in [9.17, 15) is 0 Å². The molecule has 14 heavy (non-hydrogen) atoms. The number of rotatable bonds is 5. The molecule has 1 atom stereocenters. The summed E-state index contributed by atoms with van der Waals surface area (Å²) < 4.78 is 0. The third-order valence-corrected chi connectivity index (χ3v) is 1.95. The van der Waals surface area contributed by atoms with Gasteiger partial charge in [-0.15, -0.1) is 0 Å². The van der Waals surface area contributed by atoms with Crippen LogP contribution in [0.25, 0.3) is 0 Å². The predicted octanol–water partition coefficient (Wildman–Crippen LogP) is -1.00. The van der Waals surface area contributed by atoms with Crippen LogP contribution in [0.3, 0.4) is 0 Å². The van der Waals surface area contributed by atoms with Gasteiger partial charge in [-0.05, 0) is 19.0 Å². The van der Waals surface area contributed by atoms with Crippen molar-refractivity contribution in [2.45, 2.75) is 39.5 Å². The van der Waals surface area contributed by atoms with E-state index in [1.54, 1.807) is 0 Å². The number of carboxylic acid groups (broad SMARTS) is 2. The van der Waals surface area contributed by atoms with Gasteiger partial charge in [-0.1, -0.05) is 26.7 Å². The summed E-state index contributed by atoms with van der Waals surface area (Å²) in [4.78, 5) is 8.33. The molecule has 90 valence electrons. The van der Waals surface area contributed by atoms with Crippen LogP contribution in [0.1, 0.15) is 39.5 Å². The number of carbonyl (C=O) groups excluding carboxylic acids is 1. The summed E-state index contributed by atoms with van der Waals surface area (Å²) in [6.45, 7) is 5.62. The molecule has 0 saturated heterocycles. The van der Waals surface area contributed by atoms with Crippen LogP contribution in [0.2, 0.25) is 0 Å². The van der Waals surface area contributed by atoms with Crippen molar-refractivity contribution in [2.24, 2.45) is 5.92 Å². The van der Waals surface area contributed by atoms with Crippen LogP contribution in [0.15, 0.2) is 0 Å². The number of carbonyl (C=O) groups is 1. The zero-order valence-electron chi connectivity index (χ0n) is 8.85. The first kappa shape index (κ1) is 19.5. The first-order valence-electron chi connectivity index (χ1n) is 4.75. The maximum Gasteiger partial charge on any atom is 1.00 e. The van der Waals surface area contributed by atoms with E-state index < -0.39 is 6.16 Å². The Kier molecular flexibility index (Phi) is 21.5. The molecule has 0 aliphatic carbocycles. The van der Waals surface area contributed by atoms with Crippen molar-refractivity contribution in [2.75, 3.05) is 6.54 Å². The summed E-state index contributed by atoms with van der Waals surface area (Å²) in [5.74, 6) is 0.893. The molecule has 0 amide bonds. The predicted molar refractivity (Wildman–Crippen MR) is 46.5 cm³/mol. The quantitative estimate of drug-likeness (QED) is 0.660. The summed E-state index contributed by atoms with van der Waals surface area (Å²) in [7, 11) is 0. The molecule has 0 heterocycles. The van der Waals surface area contributed by atoms with Gasteiger partial charge in [-0.2, -0.15) is 0 Å². The molecular formula is C9H20AgNO3. The van der Waals surface area contributed by atoms with Gasteiger partial charge in [0.05, 0.1) is 6.54 Å². The first-order valence-corrected chi connectivity index (χ1v) is 4.75. The summed E-state index contributed by atoms with van der Waals surface area (Å²) in [6, 6.07) is 0. The van der Waals surface area contributed by atoms with E-state index in [2.05, 4.69) is 19.6 Å². The van der Waals surface area contributed by atoms with Crippen molar-refractivity contribution >= 4 is 6.16 Å². The van der Waals surface area contributed by atoms with E-state index in [4.69, 9.17) is 15.0 Å². The van der Waals surface area contributed by atoms with E-state index in [0.29, 0.717) is 0 Å². The molecule has 0 aromatic heterocycles. The second kappa shape index (κ2) is 15.4. The molecule has 1 unspecified atom stereocenters. The van der Waals surface area contributed by atoms with E-state index >= 15 is 0 Å². The van der Waals surface area contributed by atoms with Crippen LogP contribution in [0.5, 0.6) is 0 Å². The van der Waals surface area contributed by atoms with Crippen molar-refractivity contribution in [3.05, 3.63) is 0 Å². The maximum atomic E-state index is 8.33. The Morgan fingerprint density at radius 3 is 2.00 bits per heavy atom. The largest absolute Gasteiger partial charge is 1.00 e. The van der Waals surface area contributed by atoms with E-state index in [0.717, 1.165) is 12.5 Å². The summed E-state index contributed by atoms with van der Waals surface area (Å²) in [5.41, 5.74) is 3.91. The summed E-state index contributed by atoms with van der Waals surface area (Å²) in [5, 5.41) is 16.7. The molecule has 0 rings (SSSR count). The minimum atomic E-state index is -2.33. The molecule has 0 spiro atoms. The summed E-state index contributed by atoms with van der Waals surface area (Å²) >= 11 is 0. The molecule has 0 aliphatic heterocycles. The van der Waals surface area contributed by atoms with Gasteiger partial charge in [0.1, 0.15) is 0 Å². The van der Waals surface area contributed by atoms with Gasteiger partial charge in [0.15, 0.2) is 0 Å². The van der Waals surface area contributed by atoms with E-state index in [1.807, 2.05) is 0 Å². The first-order chi connectivity index (χ1) is 6.08. The van der Waals surface area contributed by atoms with E-state index in [-0.39, 0.29) is 22.4 Å². The molecule has 3 N–H and O–H groups in total. The van der Waals surface area contributed by atoms with Crippen molar-refractivity contribution in [1.29, 1.82) is 0 Å². The number of hydrogen-bond donors (Lipinski definition) is 1. The van der Waals surface area contributed by atoms with E-state index in [1.165, 1.54) is 25.7 Å². The van der Waals surface area contributed by atoms with Crippen molar-refractivity contribution in [3.63, 3.8) is 0 Å².